The molecule has 34 heavy (non-hydrogen) atoms. The topological polar surface area (TPSA) is 93.0 Å². The average Bonchev–Trinajstić information content (AvgIpc) is 3.22. The molecule has 0 bridgehead atoms. The predicted molar refractivity (Wildman–Crippen MR) is 128 cm³/mol. The fraction of sp³-hybridized carbons (Fsp3) is 0.250. The normalized spacial score (nSPS) is 17.1. The second-order valence-corrected chi connectivity index (χ2v) is 7.82. The van der Waals surface area contributed by atoms with E-state index >= 15 is 0 Å². The molecule has 0 spiro atoms. The van der Waals surface area contributed by atoms with Gasteiger partial charge in [-0.2, -0.15) is 5.01 Å². The Morgan fingerprint density at radius 3 is 2.53 bits per heavy atom. The van der Waals surface area contributed by atoms with E-state index in [2.05, 4.69) is 10.1 Å². The van der Waals surface area contributed by atoms with E-state index in [1.54, 1.807) is 68.3 Å². The number of anilines is 1. The van der Waals surface area contributed by atoms with Crippen molar-refractivity contribution in [2.24, 2.45) is 10.1 Å². The van der Waals surface area contributed by atoms with Crippen LogP contribution in [-0.2, 0) is 19.1 Å². The fourth-order valence-electron chi connectivity index (χ4n) is 3.87. The molecule has 1 atom stereocenters. The van der Waals surface area contributed by atoms with Gasteiger partial charge in [0.05, 0.1) is 43.8 Å². The smallest absolute Gasteiger partial charge is 0.376 e. The van der Waals surface area contributed by atoms with Crippen LogP contribution in [0.4, 0.5) is 5.69 Å². The van der Waals surface area contributed by atoms with Crippen molar-refractivity contribution in [1.82, 2.24) is 4.90 Å². The van der Waals surface area contributed by atoms with Crippen LogP contribution in [0.25, 0.3) is 0 Å². The number of hydrazone groups is 1. The number of benzene rings is 2. The van der Waals surface area contributed by atoms with Crippen LogP contribution in [0.1, 0.15) is 25.5 Å². The summed E-state index contributed by atoms with van der Waals surface area (Å²) in [6, 6.07) is 13.4. The molecular formula is C24H23ClN4O5. The second kappa shape index (κ2) is 9.56. The number of amidine groups is 1. The second-order valence-electron chi connectivity index (χ2n) is 7.39. The monoisotopic (exact) mass is 482 g/mol. The molecule has 0 aromatic heterocycles. The predicted octanol–water partition coefficient (Wildman–Crippen LogP) is 3.91. The SMILES string of the molecule is CCOC(=O)C1=NN(c2cccc(Cl)c2)C2=NC(C)=C(C(=O)OC)C(c3cccc(OC)c3)N12. The minimum Gasteiger partial charge on any atom is -0.497 e. The van der Waals surface area contributed by atoms with E-state index in [0.717, 1.165) is 0 Å². The van der Waals surface area contributed by atoms with Crippen molar-refractivity contribution in [3.63, 3.8) is 0 Å². The van der Waals surface area contributed by atoms with Crippen LogP contribution in [0.3, 0.4) is 0 Å². The van der Waals surface area contributed by atoms with Gasteiger partial charge in [-0.1, -0.05) is 29.8 Å². The molecule has 2 aromatic carbocycles. The minimum atomic E-state index is -0.776. The molecule has 1 unspecified atom stereocenters. The number of esters is 2. The largest absolute Gasteiger partial charge is 0.497 e. The molecule has 0 N–H and O–H groups in total. The summed E-state index contributed by atoms with van der Waals surface area (Å²) in [5.74, 6) is -0.344. The van der Waals surface area contributed by atoms with Crippen molar-refractivity contribution < 1.29 is 23.8 Å². The summed E-state index contributed by atoms with van der Waals surface area (Å²) in [6.45, 7) is 3.57. The van der Waals surface area contributed by atoms with Gasteiger partial charge in [-0.15, -0.1) is 5.10 Å². The third-order valence-electron chi connectivity index (χ3n) is 5.34. The van der Waals surface area contributed by atoms with Crippen LogP contribution >= 0.6 is 11.6 Å². The maximum Gasteiger partial charge on any atom is 0.376 e. The van der Waals surface area contributed by atoms with Gasteiger partial charge in [-0.25, -0.2) is 14.6 Å². The molecule has 176 valence electrons. The minimum absolute atomic E-state index is 0.0256. The van der Waals surface area contributed by atoms with Gasteiger partial charge in [0.1, 0.15) is 5.75 Å². The third-order valence-corrected chi connectivity index (χ3v) is 5.58. The van der Waals surface area contributed by atoms with Gasteiger partial charge in [0, 0.05) is 5.02 Å². The number of carbonyl (C=O) groups excluding carboxylic acids is 2. The molecule has 0 aliphatic carbocycles. The number of rotatable bonds is 6. The van der Waals surface area contributed by atoms with E-state index in [0.29, 0.717) is 33.7 Å². The van der Waals surface area contributed by atoms with E-state index in [1.807, 2.05) is 6.07 Å². The van der Waals surface area contributed by atoms with Crippen molar-refractivity contribution in [2.75, 3.05) is 25.8 Å². The van der Waals surface area contributed by atoms with Crippen molar-refractivity contribution in [3.05, 3.63) is 70.4 Å². The molecule has 2 aliphatic heterocycles. The van der Waals surface area contributed by atoms with Crippen molar-refractivity contribution in [2.45, 2.75) is 19.9 Å². The third kappa shape index (κ3) is 4.10. The van der Waals surface area contributed by atoms with E-state index < -0.39 is 18.0 Å². The Morgan fingerprint density at radius 1 is 1.09 bits per heavy atom. The molecule has 0 saturated carbocycles. The molecule has 2 heterocycles. The van der Waals surface area contributed by atoms with E-state index in [4.69, 9.17) is 25.8 Å². The molecule has 0 saturated heterocycles. The Morgan fingerprint density at radius 2 is 1.85 bits per heavy atom. The van der Waals surface area contributed by atoms with Crippen LogP contribution in [0, 0.1) is 0 Å². The van der Waals surface area contributed by atoms with Crippen molar-refractivity contribution in [1.29, 1.82) is 0 Å². The Labute approximate surface area is 201 Å². The zero-order chi connectivity index (χ0) is 24.4. The number of ether oxygens (including phenoxy) is 3. The zero-order valence-electron chi connectivity index (χ0n) is 19.1. The maximum atomic E-state index is 13.0. The number of carbonyl (C=O) groups is 2. The van der Waals surface area contributed by atoms with Gasteiger partial charge >= 0.3 is 11.9 Å². The Balaban J connectivity index is 1.95. The molecule has 4 rings (SSSR count). The number of hydrogen-bond acceptors (Lipinski definition) is 9. The Bertz CT molecular complexity index is 1240. The van der Waals surface area contributed by atoms with Crippen LogP contribution in [0.5, 0.6) is 5.75 Å². The molecule has 2 aliphatic rings. The molecule has 9 nitrogen and oxygen atoms in total. The van der Waals surface area contributed by atoms with Gasteiger partial charge in [-0.3, -0.25) is 4.90 Å². The first-order valence-electron chi connectivity index (χ1n) is 10.5. The highest BCUT2D eigenvalue weighted by molar-refractivity contribution is 6.41. The number of aliphatic imine (C=N–C) groups is 1. The van der Waals surface area contributed by atoms with Crippen LogP contribution in [-0.4, -0.2) is 49.5 Å². The van der Waals surface area contributed by atoms with E-state index in [9.17, 15) is 9.59 Å². The Kier molecular flexibility index (Phi) is 6.56. The lowest BCUT2D eigenvalue weighted by atomic mass is 9.94. The molecule has 0 radical (unpaired) electrons. The maximum absolute atomic E-state index is 13.0. The summed E-state index contributed by atoms with van der Waals surface area (Å²) < 4.78 is 15.8. The lowest BCUT2D eigenvalue weighted by molar-refractivity contribution is -0.138. The van der Waals surface area contributed by atoms with Gasteiger partial charge in [-0.05, 0) is 49.7 Å². The highest BCUT2D eigenvalue weighted by atomic mass is 35.5. The molecule has 2 aromatic rings. The summed E-state index contributed by atoms with van der Waals surface area (Å²) in [7, 11) is 2.85. The van der Waals surface area contributed by atoms with Crippen molar-refractivity contribution in [3.8, 4) is 5.75 Å². The van der Waals surface area contributed by atoms with Crippen LogP contribution in [0.2, 0.25) is 5.02 Å². The summed E-state index contributed by atoms with van der Waals surface area (Å²) >= 11 is 6.21. The van der Waals surface area contributed by atoms with Gasteiger partial charge in [0.15, 0.2) is 0 Å². The molecule has 0 fully saturated rings. The van der Waals surface area contributed by atoms with E-state index in [1.165, 1.54) is 12.1 Å². The first-order chi connectivity index (χ1) is 16.4. The fourth-order valence-corrected chi connectivity index (χ4v) is 4.06. The molecular weight excluding hydrogens is 460 g/mol. The summed E-state index contributed by atoms with van der Waals surface area (Å²) in [6.07, 6.45) is 0. The number of halogens is 1. The molecule has 0 amide bonds. The standard InChI is InChI=1S/C24H23ClN4O5/c1-5-34-23(31)21-27-29(17-10-7-9-16(25)13-17)24-26-14(2)19(22(30)33-4)20(28(21)24)15-8-6-11-18(12-15)32-3/h6-13,20H,5H2,1-4H3. The first-order valence-corrected chi connectivity index (χ1v) is 10.9. The lowest BCUT2D eigenvalue weighted by Crippen LogP contribution is -2.47. The quantitative estimate of drug-likeness (QED) is 0.576. The highest BCUT2D eigenvalue weighted by Crippen LogP contribution is 2.41. The van der Waals surface area contributed by atoms with E-state index in [-0.39, 0.29) is 18.0 Å². The van der Waals surface area contributed by atoms with Gasteiger partial charge in [0.2, 0.25) is 11.8 Å². The summed E-state index contributed by atoms with van der Waals surface area (Å²) in [5.41, 5.74) is 1.97. The van der Waals surface area contributed by atoms with Crippen molar-refractivity contribution >= 4 is 41.0 Å². The first kappa shape index (κ1) is 23.3. The lowest BCUT2D eigenvalue weighted by Gasteiger charge is -2.35. The van der Waals surface area contributed by atoms with Crippen LogP contribution < -0.4 is 9.75 Å². The number of fused-ring (bicyclic) bond motifs is 1. The van der Waals surface area contributed by atoms with Gasteiger partial charge < -0.3 is 14.2 Å². The number of allylic oxidation sites excluding steroid dienone is 1. The number of nitrogens with zero attached hydrogens (tertiary/aromatic N) is 4. The van der Waals surface area contributed by atoms with Gasteiger partial charge in [0.25, 0.3) is 0 Å². The highest BCUT2D eigenvalue weighted by Gasteiger charge is 2.47. The average molecular weight is 483 g/mol. The number of methoxy groups -OCH3 is 2. The molecule has 10 heteroatoms. The van der Waals surface area contributed by atoms with Crippen LogP contribution in [0.15, 0.2) is 69.9 Å². The zero-order valence-corrected chi connectivity index (χ0v) is 19.9. The number of guanidine groups is 1. The Hall–Kier alpha value is -3.85. The summed E-state index contributed by atoms with van der Waals surface area (Å²) in [5, 5.41) is 6.53. The number of hydrogen-bond donors (Lipinski definition) is 0. The summed E-state index contributed by atoms with van der Waals surface area (Å²) in [4.78, 5) is 32.1.